The van der Waals surface area contributed by atoms with Crippen LogP contribution in [0.2, 0.25) is 0 Å². The minimum atomic E-state index is 0.162. The van der Waals surface area contributed by atoms with Crippen molar-refractivity contribution in [3.05, 3.63) is 0 Å². The summed E-state index contributed by atoms with van der Waals surface area (Å²) in [6.45, 7) is 7.73. The number of rotatable bonds is 7. The molecular weight excluding hydrogens is 198 g/mol. The average molecular weight is 220 g/mol. The van der Waals surface area contributed by atoms with Crippen LogP contribution in [-0.4, -0.2) is 29.8 Å². The maximum Gasteiger partial charge on any atom is 0.225 e. The largest absolute Gasteiger partial charge is 0.343 e. The Morgan fingerprint density at radius 2 is 2.07 bits per heavy atom. The van der Waals surface area contributed by atoms with Gasteiger partial charge in [-0.05, 0) is 19.8 Å². The van der Waals surface area contributed by atoms with Gasteiger partial charge in [0.05, 0.1) is 0 Å². The van der Waals surface area contributed by atoms with Crippen LogP contribution in [0.1, 0.15) is 40.0 Å². The van der Waals surface area contributed by atoms with E-state index in [4.69, 9.17) is 11.6 Å². The number of hydrogen-bond donors (Lipinski definition) is 0. The van der Waals surface area contributed by atoms with Crippen LogP contribution < -0.4 is 0 Å². The van der Waals surface area contributed by atoms with Gasteiger partial charge in [0.25, 0.3) is 0 Å². The van der Waals surface area contributed by atoms with E-state index in [2.05, 4.69) is 6.92 Å². The summed E-state index contributed by atoms with van der Waals surface area (Å²) in [5, 5.41) is 0. The SMILES string of the molecule is CCCC(C)C(=O)N(CC)CCCCl. The Morgan fingerprint density at radius 1 is 1.43 bits per heavy atom. The summed E-state index contributed by atoms with van der Waals surface area (Å²) in [4.78, 5) is 13.8. The Balaban J connectivity index is 4.01. The van der Waals surface area contributed by atoms with Gasteiger partial charge in [-0.2, -0.15) is 0 Å². The van der Waals surface area contributed by atoms with Crippen molar-refractivity contribution >= 4 is 17.5 Å². The molecule has 0 aromatic carbocycles. The molecule has 0 rings (SSSR count). The van der Waals surface area contributed by atoms with Gasteiger partial charge >= 0.3 is 0 Å². The molecule has 1 atom stereocenters. The minimum absolute atomic E-state index is 0.162. The number of hydrogen-bond acceptors (Lipinski definition) is 1. The van der Waals surface area contributed by atoms with Crippen LogP contribution in [0.25, 0.3) is 0 Å². The monoisotopic (exact) mass is 219 g/mol. The zero-order valence-electron chi connectivity index (χ0n) is 9.55. The van der Waals surface area contributed by atoms with E-state index >= 15 is 0 Å². The second-order valence-electron chi connectivity index (χ2n) is 3.65. The molecule has 0 spiro atoms. The van der Waals surface area contributed by atoms with Crippen LogP contribution in [0.3, 0.4) is 0 Å². The molecule has 0 N–H and O–H groups in total. The molecule has 0 aliphatic carbocycles. The maximum absolute atomic E-state index is 11.9. The van der Waals surface area contributed by atoms with Crippen LogP contribution in [0.5, 0.6) is 0 Å². The third kappa shape index (κ3) is 4.85. The zero-order valence-corrected chi connectivity index (χ0v) is 10.3. The van der Waals surface area contributed by atoms with Crippen LogP contribution in [0.15, 0.2) is 0 Å². The third-order valence-corrected chi connectivity index (χ3v) is 2.67. The molecule has 0 bridgehead atoms. The van der Waals surface area contributed by atoms with Crippen LogP contribution in [-0.2, 0) is 4.79 Å². The number of carbonyl (C=O) groups excluding carboxylic acids is 1. The summed E-state index contributed by atoms with van der Waals surface area (Å²) in [7, 11) is 0. The van der Waals surface area contributed by atoms with Gasteiger partial charge in [0.15, 0.2) is 0 Å². The molecule has 0 aromatic heterocycles. The van der Waals surface area contributed by atoms with E-state index in [0.29, 0.717) is 5.88 Å². The number of carbonyl (C=O) groups is 1. The van der Waals surface area contributed by atoms with Crippen molar-refractivity contribution in [3.8, 4) is 0 Å². The Kier molecular flexibility index (Phi) is 7.96. The number of amides is 1. The lowest BCUT2D eigenvalue weighted by molar-refractivity contribution is -0.135. The fourth-order valence-corrected chi connectivity index (χ4v) is 1.66. The van der Waals surface area contributed by atoms with Crippen molar-refractivity contribution in [1.82, 2.24) is 4.90 Å². The molecule has 3 heteroatoms. The number of alkyl halides is 1. The summed E-state index contributed by atoms with van der Waals surface area (Å²) < 4.78 is 0. The third-order valence-electron chi connectivity index (χ3n) is 2.40. The van der Waals surface area contributed by atoms with Gasteiger partial charge in [-0.25, -0.2) is 0 Å². The van der Waals surface area contributed by atoms with Gasteiger partial charge in [0.2, 0.25) is 5.91 Å². The first-order valence-corrected chi connectivity index (χ1v) is 6.05. The van der Waals surface area contributed by atoms with E-state index in [9.17, 15) is 4.79 Å². The van der Waals surface area contributed by atoms with Crippen molar-refractivity contribution < 1.29 is 4.79 Å². The van der Waals surface area contributed by atoms with Gasteiger partial charge in [0, 0.05) is 24.9 Å². The molecule has 14 heavy (non-hydrogen) atoms. The molecule has 0 aromatic rings. The van der Waals surface area contributed by atoms with Crippen molar-refractivity contribution in [2.45, 2.75) is 40.0 Å². The first-order valence-electron chi connectivity index (χ1n) is 5.52. The highest BCUT2D eigenvalue weighted by atomic mass is 35.5. The normalized spacial score (nSPS) is 12.6. The zero-order chi connectivity index (χ0) is 11.0. The van der Waals surface area contributed by atoms with Crippen molar-refractivity contribution in [2.24, 2.45) is 5.92 Å². The predicted octanol–water partition coefficient (Wildman–Crippen LogP) is 2.90. The Morgan fingerprint density at radius 3 is 2.50 bits per heavy atom. The lowest BCUT2D eigenvalue weighted by Crippen LogP contribution is -2.35. The van der Waals surface area contributed by atoms with E-state index < -0.39 is 0 Å². The first kappa shape index (κ1) is 13.8. The van der Waals surface area contributed by atoms with E-state index in [0.717, 1.165) is 32.4 Å². The van der Waals surface area contributed by atoms with Gasteiger partial charge in [0.1, 0.15) is 0 Å². The van der Waals surface area contributed by atoms with Crippen LogP contribution >= 0.6 is 11.6 Å². The van der Waals surface area contributed by atoms with Crippen LogP contribution in [0, 0.1) is 5.92 Å². The number of halogens is 1. The van der Waals surface area contributed by atoms with E-state index in [1.165, 1.54) is 0 Å². The molecule has 0 saturated heterocycles. The standard InChI is InChI=1S/C11H22ClNO/c1-4-7-10(3)11(14)13(5-2)9-6-8-12/h10H,4-9H2,1-3H3. The highest BCUT2D eigenvalue weighted by Gasteiger charge is 2.17. The van der Waals surface area contributed by atoms with Crippen molar-refractivity contribution in [3.63, 3.8) is 0 Å². The molecule has 0 heterocycles. The maximum atomic E-state index is 11.9. The fraction of sp³-hybridized carbons (Fsp3) is 0.909. The summed E-state index contributed by atoms with van der Waals surface area (Å²) in [5.41, 5.74) is 0. The van der Waals surface area contributed by atoms with Gasteiger partial charge in [-0.1, -0.05) is 20.3 Å². The first-order chi connectivity index (χ1) is 6.67. The van der Waals surface area contributed by atoms with E-state index in [-0.39, 0.29) is 11.8 Å². The lowest BCUT2D eigenvalue weighted by Gasteiger charge is -2.23. The molecular formula is C11H22ClNO. The Labute approximate surface area is 92.6 Å². The topological polar surface area (TPSA) is 20.3 Å². The van der Waals surface area contributed by atoms with Gasteiger partial charge in [-0.3, -0.25) is 4.79 Å². The molecule has 0 aliphatic rings. The van der Waals surface area contributed by atoms with Crippen molar-refractivity contribution in [2.75, 3.05) is 19.0 Å². The Hall–Kier alpha value is -0.240. The molecule has 2 nitrogen and oxygen atoms in total. The number of nitrogens with zero attached hydrogens (tertiary/aromatic N) is 1. The summed E-state index contributed by atoms with van der Waals surface area (Å²) >= 11 is 5.61. The summed E-state index contributed by atoms with van der Waals surface area (Å²) in [6.07, 6.45) is 2.94. The van der Waals surface area contributed by atoms with Crippen molar-refractivity contribution in [1.29, 1.82) is 0 Å². The Bertz CT molecular complexity index is 161. The molecule has 84 valence electrons. The second-order valence-corrected chi connectivity index (χ2v) is 4.03. The van der Waals surface area contributed by atoms with Gasteiger partial charge < -0.3 is 4.90 Å². The average Bonchev–Trinajstić information content (AvgIpc) is 2.19. The molecule has 0 saturated carbocycles. The van der Waals surface area contributed by atoms with Crippen LogP contribution in [0.4, 0.5) is 0 Å². The second kappa shape index (κ2) is 8.10. The summed E-state index contributed by atoms with van der Waals surface area (Å²) in [5.74, 6) is 1.07. The molecule has 1 unspecified atom stereocenters. The highest BCUT2D eigenvalue weighted by molar-refractivity contribution is 6.17. The minimum Gasteiger partial charge on any atom is -0.343 e. The van der Waals surface area contributed by atoms with E-state index in [1.54, 1.807) is 0 Å². The lowest BCUT2D eigenvalue weighted by atomic mass is 10.0. The molecule has 0 radical (unpaired) electrons. The van der Waals surface area contributed by atoms with Gasteiger partial charge in [-0.15, -0.1) is 11.6 Å². The van der Waals surface area contributed by atoms with E-state index in [1.807, 2.05) is 18.7 Å². The molecule has 1 amide bonds. The fourth-order valence-electron chi connectivity index (χ4n) is 1.54. The highest BCUT2D eigenvalue weighted by Crippen LogP contribution is 2.10. The smallest absolute Gasteiger partial charge is 0.225 e. The quantitative estimate of drug-likeness (QED) is 0.603. The summed E-state index contributed by atoms with van der Waals surface area (Å²) in [6, 6.07) is 0. The molecule has 0 fully saturated rings. The molecule has 0 aliphatic heterocycles. The predicted molar refractivity (Wildman–Crippen MR) is 61.7 cm³/mol.